The Kier molecular flexibility index (Phi) is 12.4. The van der Waals surface area contributed by atoms with E-state index in [2.05, 4.69) is 85.2 Å². The van der Waals surface area contributed by atoms with E-state index in [4.69, 9.17) is 6.57 Å². The van der Waals surface area contributed by atoms with E-state index in [1.54, 1.807) is 4.90 Å². The van der Waals surface area contributed by atoms with Gasteiger partial charge in [-0.15, -0.1) is 0 Å². The van der Waals surface area contributed by atoms with Gasteiger partial charge in [0.15, 0.2) is 0 Å². The van der Waals surface area contributed by atoms with Crippen LogP contribution in [-0.4, -0.2) is 61.9 Å². The van der Waals surface area contributed by atoms with Crippen LogP contribution in [0.25, 0.3) is 4.85 Å². The molecular weight excluding hydrogens is 835 g/mol. The predicted octanol–water partition coefficient (Wildman–Crippen LogP) is 9.15. The van der Waals surface area contributed by atoms with Crippen molar-refractivity contribution in [3.05, 3.63) is 130 Å². The zero-order valence-electron chi connectivity index (χ0n) is 38.7. The number of hydrogen-bond donors (Lipinski definition) is 4. The van der Waals surface area contributed by atoms with Crippen LogP contribution in [0.1, 0.15) is 134 Å². The van der Waals surface area contributed by atoms with Gasteiger partial charge in [0.05, 0.1) is 11.4 Å². The number of rotatable bonds is 1. The number of aliphatic hydroxyl groups is 1. The van der Waals surface area contributed by atoms with Gasteiger partial charge in [0.25, 0.3) is 6.67 Å². The smallest absolute Gasteiger partial charge is 0.295 e. The van der Waals surface area contributed by atoms with Gasteiger partial charge in [0.2, 0.25) is 17.7 Å². The van der Waals surface area contributed by atoms with Crippen molar-refractivity contribution in [3.63, 3.8) is 0 Å². The number of para-hydroxylation sites is 4. The zero-order valence-corrected chi connectivity index (χ0v) is 38.7. The van der Waals surface area contributed by atoms with Crippen molar-refractivity contribution in [3.8, 4) is 0 Å². The predicted molar refractivity (Wildman–Crippen MR) is 263 cm³/mol. The van der Waals surface area contributed by atoms with E-state index < -0.39 is 0 Å². The molecule has 11 nitrogen and oxygen atoms in total. The van der Waals surface area contributed by atoms with Gasteiger partial charge in [-0.25, -0.2) is 11.5 Å². The minimum atomic E-state index is -0.272. The second-order valence-corrected chi connectivity index (χ2v) is 20.5. The first-order valence-electron chi connectivity index (χ1n) is 25.5. The third-order valence-corrected chi connectivity index (χ3v) is 17.1. The number of anilines is 4. The second kappa shape index (κ2) is 18.9. The molecule has 14 rings (SSSR count). The van der Waals surface area contributed by atoms with E-state index in [0.29, 0.717) is 35.5 Å². The summed E-state index contributed by atoms with van der Waals surface area (Å²) in [6, 6.07) is 29.5. The maximum atomic E-state index is 12.6. The molecule has 4 N–H and O–H groups in total. The van der Waals surface area contributed by atoms with Gasteiger partial charge in [0.1, 0.15) is 6.23 Å². The number of nitrogens with zero attached hydrogens (tertiary/aromatic N) is 4. The van der Waals surface area contributed by atoms with Gasteiger partial charge in [-0.05, 0) is 121 Å². The molecule has 67 heavy (non-hydrogen) atoms. The normalized spacial score (nSPS) is 29.9. The molecule has 11 heteroatoms. The number of nitrogens with one attached hydrogen (secondary N) is 3. The standard InChI is InChI=1S/C15H20N2O.C15H18N2O.C14H14N2O.C12H13NO/c2*18-15-13-6-2-4-11(13)12-5-1-3-10-9-16-7-8-17(15)14(10)12;1-15-9-16-13-8-3-2-5-11(13)10-6-4-7-12(10)14(16)17;14-12-10-6-3-5-8(10)9-4-1-2-7-11(9)13-12/h1,3,5,11,13,15-16,18H,2,4,6-9H2;1,3,5,11,13,16H,2,4,6-9H2;2-3,5,8,10,12H,4,6-7,9H2;1-2,4,7-8,10H,3,5-6H2,(H,13,14)/t11-,13-,15?;11-,13-;10-,12-;8-,10-/m1111/s1. The van der Waals surface area contributed by atoms with Gasteiger partial charge < -0.3 is 30.9 Å². The number of benzene rings is 4. The molecule has 4 saturated carbocycles. The van der Waals surface area contributed by atoms with Crippen molar-refractivity contribution < 1.29 is 19.5 Å². The number of aliphatic hydroxyl groups excluding tert-OH is 1. The molecule has 0 aromatic heterocycles. The van der Waals surface area contributed by atoms with E-state index in [1.165, 1.54) is 89.7 Å². The van der Waals surface area contributed by atoms with Crippen molar-refractivity contribution in [1.82, 2.24) is 10.6 Å². The van der Waals surface area contributed by atoms with Gasteiger partial charge in [-0.2, -0.15) is 0 Å². The Morgan fingerprint density at radius 1 is 0.567 bits per heavy atom. The van der Waals surface area contributed by atoms with E-state index >= 15 is 0 Å². The molecule has 4 aliphatic carbocycles. The number of carbonyl (C=O) groups is 3. The van der Waals surface area contributed by atoms with Crippen LogP contribution in [0.4, 0.5) is 22.7 Å². The molecule has 4 aromatic carbocycles. The molecule has 9 atom stereocenters. The van der Waals surface area contributed by atoms with Gasteiger partial charge >= 0.3 is 0 Å². The van der Waals surface area contributed by atoms with Crippen LogP contribution in [0.15, 0.2) is 84.9 Å². The number of hydrogen-bond acceptors (Lipinski definition) is 7. The minimum absolute atomic E-state index is 0.117. The molecule has 0 saturated heterocycles. The first-order valence-corrected chi connectivity index (χ1v) is 25.5. The van der Waals surface area contributed by atoms with Crippen LogP contribution in [0.2, 0.25) is 0 Å². The molecule has 3 amide bonds. The fourth-order valence-electron chi connectivity index (χ4n) is 14.1. The lowest BCUT2D eigenvalue weighted by molar-refractivity contribution is -0.123. The van der Waals surface area contributed by atoms with Crippen LogP contribution < -0.4 is 30.7 Å². The van der Waals surface area contributed by atoms with Crippen LogP contribution in [0.5, 0.6) is 0 Å². The van der Waals surface area contributed by atoms with E-state index in [9.17, 15) is 19.5 Å². The summed E-state index contributed by atoms with van der Waals surface area (Å²) in [4.78, 5) is 46.0. The molecule has 1 unspecified atom stereocenters. The molecule has 4 aromatic rings. The second-order valence-electron chi connectivity index (χ2n) is 20.5. The molecule has 4 fully saturated rings. The fraction of sp³-hybridized carbons (Fsp3) is 0.500. The summed E-state index contributed by atoms with van der Waals surface area (Å²) in [5, 5.41) is 20.5. The van der Waals surface area contributed by atoms with Crippen molar-refractivity contribution in [2.24, 2.45) is 23.7 Å². The quantitative estimate of drug-likeness (QED) is 0.141. The number of carbonyl (C=O) groups excluding carboxylic acids is 3. The monoisotopic (exact) mass is 900 g/mol. The van der Waals surface area contributed by atoms with Crippen molar-refractivity contribution >= 4 is 40.5 Å². The Bertz CT molecular complexity index is 2570. The van der Waals surface area contributed by atoms with Gasteiger partial charge in [0, 0.05) is 74.3 Å². The molecule has 0 spiro atoms. The Morgan fingerprint density at radius 3 is 1.87 bits per heavy atom. The Balaban J connectivity index is 0.0000000988. The van der Waals surface area contributed by atoms with Crippen molar-refractivity contribution in [1.29, 1.82) is 0 Å². The van der Waals surface area contributed by atoms with Gasteiger partial charge in [-0.1, -0.05) is 98.5 Å². The Hall–Kier alpha value is -5.54. The Morgan fingerprint density at radius 2 is 1.12 bits per heavy atom. The molecule has 0 bridgehead atoms. The van der Waals surface area contributed by atoms with Crippen LogP contribution >= 0.6 is 0 Å². The summed E-state index contributed by atoms with van der Waals surface area (Å²) in [7, 11) is 0. The number of fused-ring (bicyclic) bond motifs is 10. The summed E-state index contributed by atoms with van der Waals surface area (Å²) in [5.41, 5.74) is 12.7. The highest BCUT2D eigenvalue weighted by Crippen LogP contribution is 2.53. The summed E-state index contributed by atoms with van der Waals surface area (Å²) < 4.78 is 0. The topological polar surface area (TPSA) is 122 Å². The van der Waals surface area contributed by atoms with E-state index in [0.717, 1.165) is 82.7 Å². The summed E-state index contributed by atoms with van der Waals surface area (Å²) in [5.74, 6) is 3.77. The first-order chi connectivity index (χ1) is 32.9. The highest BCUT2D eigenvalue weighted by Gasteiger charge is 2.46. The molecule has 6 heterocycles. The SMILES string of the molecule is O=C1Nc2ccccc2[C@H]2CCC[C@@H]12.O=C1[C@@H]2CCC[C@@H]2c2cccc3c2N1CCNC3.OC1[C@@H]2CCC[C@@H]2c2cccc3c2N1CCNC3.[C-]#[N+]CN1C(=O)[C@@H]2CCC[C@@H]2c2ccccc21. The fourth-order valence-corrected chi connectivity index (χ4v) is 14.1. The van der Waals surface area contributed by atoms with Crippen molar-refractivity contribution in [2.75, 3.05) is 52.9 Å². The molecular formula is C56H65N7O4. The average molecular weight is 900 g/mol. The molecule has 10 aliphatic rings. The zero-order chi connectivity index (χ0) is 45.6. The maximum absolute atomic E-state index is 12.6. The highest BCUT2D eigenvalue weighted by atomic mass is 16.3. The lowest BCUT2D eigenvalue weighted by atomic mass is 9.81. The molecule has 6 aliphatic heterocycles. The maximum Gasteiger partial charge on any atom is 0.295 e. The third kappa shape index (κ3) is 7.93. The third-order valence-electron chi connectivity index (χ3n) is 17.1. The van der Waals surface area contributed by atoms with E-state index in [-0.39, 0.29) is 42.5 Å². The van der Waals surface area contributed by atoms with Crippen LogP contribution in [0.3, 0.4) is 0 Å². The lowest BCUT2D eigenvalue weighted by Crippen LogP contribution is -2.47. The van der Waals surface area contributed by atoms with E-state index in [1.807, 2.05) is 30.3 Å². The molecule has 0 radical (unpaired) electrons. The summed E-state index contributed by atoms with van der Waals surface area (Å²) in [6.45, 7) is 12.6. The van der Waals surface area contributed by atoms with Crippen molar-refractivity contribution in [2.45, 2.75) is 120 Å². The summed E-state index contributed by atoms with van der Waals surface area (Å²) >= 11 is 0. The first kappa shape index (κ1) is 44.0. The Labute approximate surface area is 395 Å². The lowest BCUT2D eigenvalue weighted by Gasteiger charge is -2.43. The largest absolute Gasteiger partial charge is 0.373 e. The van der Waals surface area contributed by atoms with Crippen LogP contribution in [0, 0.1) is 30.2 Å². The number of amides is 3. The highest BCUT2D eigenvalue weighted by molar-refractivity contribution is 6.01. The minimum Gasteiger partial charge on any atom is -0.373 e. The average Bonchev–Trinajstić information content (AvgIpc) is 4.19. The van der Waals surface area contributed by atoms with Gasteiger partial charge in [-0.3, -0.25) is 19.2 Å². The van der Waals surface area contributed by atoms with Crippen LogP contribution in [-0.2, 0) is 27.5 Å². The molecule has 348 valence electrons. The summed E-state index contributed by atoms with van der Waals surface area (Å²) in [6.07, 6.45) is 13.5.